The average molecular weight is 499 g/mol. The van der Waals surface area contributed by atoms with Crippen LogP contribution < -0.4 is 9.47 Å². The second-order valence-corrected chi connectivity index (χ2v) is 7.72. The molecule has 0 amide bonds. The predicted molar refractivity (Wildman–Crippen MR) is 124 cm³/mol. The number of hydrogen-bond acceptors (Lipinski definition) is 6. The summed E-state index contributed by atoms with van der Waals surface area (Å²) in [6.45, 7) is 0. The maximum atomic E-state index is 13.5. The van der Waals surface area contributed by atoms with Crippen LogP contribution in [0.1, 0.15) is 21.5 Å². The summed E-state index contributed by atoms with van der Waals surface area (Å²) in [5.74, 6) is -2.12. The van der Waals surface area contributed by atoms with Gasteiger partial charge >= 0.3 is 6.18 Å². The summed E-state index contributed by atoms with van der Waals surface area (Å²) in [6, 6.07) is 14.0. The summed E-state index contributed by atoms with van der Waals surface area (Å²) in [6.07, 6.45) is -4.68. The standard InChI is InChI=1S/C26H20F3NO6/c1-35-18-9-6-14(7-10-18)23(32)21-22(15-8-11-19(31)20(12-15)36-2)30(25(34)24(21)33)17-5-3-4-16(13-17)26(27,28)29/h3-13,31,33-34H,1-2H3. The molecule has 0 saturated heterocycles. The van der Waals surface area contributed by atoms with Crippen LogP contribution in [0.5, 0.6) is 28.9 Å². The highest BCUT2D eigenvalue weighted by atomic mass is 19.4. The van der Waals surface area contributed by atoms with Gasteiger partial charge in [0.1, 0.15) is 5.75 Å². The van der Waals surface area contributed by atoms with Gasteiger partial charge in [0.25, 0.3) is 0 Å². The van der Waals surface area contributed by atoms with E-state index in [-0.39, 0.29) is 39.6 Å². The molecular weight excluding hydrogens is 479 g/mol. The van der Waals surface area contributed by atoms with E-state index in [1.807, 2.05) is 0 Å². The number of methoxy groups -OCH3 is 2. The summed E-state index contributed by atoms with van der Waals surface area (Å²) >= 11 is 0. The van der Waals surface area contributed by atoms with Crippen molar-refractivity contribution >= 4 is 5.78 Å². The van der Waals surface area contributed by atoms with Gasteiger partial charge in [0.2, 0.25) is 5.88 Å². The van der Waals surface area contributed by atoms with Gasteiger partial charge < -0.3 is 24.8 Å². The highest BCUT2D eigenvalue weighted by Gasteiger charge is 2.33. The average Bonchev–Trinajstić information content (AvgIpc) is 3.13. The van der Waals surface area contributed by atoms with Crippen molar-refractivity contribution in [1.29, 1.82) is 0 Å². The van der Waals surface area contributed by atoms with Crippen LogP contribution in [0.25, 0.3) is 16.9 Å². The van der Waals surface area contributed by atoms with Gasteiger partial charge in [-0.2, -0.15) is 13.2 Å². The minimum absolute atomic E-state index is 0.00567. The number of aromatic nitrogens is 1. The molecule has 0 fully saturated rings. The number of alkyl halides is 3. The molecule has 1 aromatic heterocycles. The first kappa shape index (κ1) is 24.5. The molecule has 1 heterocycles. The van der Waals surface area contributed by atoms with Gasteiger partial charge in [0.05, 0.1) is 31.0 Å². The molecule has 4 aromatic rings. The predicted octanol–water partition coefficient (Wildman–Crippen LogP) is 5.53. The second kappa shape index (κ2) is 9.21. The van der Waals surface area contributed by atoms with Crippen molar-refractivity contribution in [3.05, 3.63) is 83.4 Å². The number of halogens is 3. The Morgan fingerprint density at radius 3 is 2.19 bits per heavy atom. The van der Waals surface area contributed by atoms with E-state index in [2.05, 4.69) is 0 Å². The van der Waals surface area contributed by atoms with Crippen molar-refractivity contribution in [2.24, 2.45) is 0 Å². The molecule has 0 spiro atoms. The number of ketones is 1. The van der Waals surface area contributed by atoms with E-state index in [9.17, 15) is 33.3 Å². The SMILES string of the molecule is COc1ccc(C(=O)c2c(O)c(O)n(-c3cccc(C(F)(F)F)c3)c2-c2ccc(O)c(OC)c2)cc1. The highest BCUT2D eigenvalue weighted by molar-refractivity contribution is 6.15. The Hall–Kier alpha value is -4.60. The van der Waals surface area contributed by atoms with Crippen molar-refractivity contribution < 1.29 is 42.8 Å². The van der Waals surface area contributed by atoms with E-state index in [0.717, 1.165) is 22.8 Å². The third-order valence-corrected chi connectivity index (χ3v) is 5.58. The van der Waals surface area contributed by atoms with Crippen LogP contribution in [-0.4, -0.2) is 39.9 Å². The number of carbonyl (C=O) groups is 1. The number of aromatic hydroxyl groups is 3. The summed E-state index contributed by atoms with van der Waals surface area (Å²) in [4.78, 5) is 13.5. The fraction of sp³-hybridized carbons (Fsp3) is 0.115. The molecule has 7 nitrogen and oxygen atoms in total. The van der Waals surface area contributed by atoms with Crippen LogP contribution in [0.15, 0.2) is 66.7 Å². The first-order valence-electron chi connectivity index (χ1n) is 10.5. The van der Waals surface area contributed by atoms with Gasteiger partial charge in [-0.1, -0.05) is 6.07 Å². The number of carbonyl (C=O) groups excluding carboxylic acids is 1. The number of ether oxygens (including phenoxy) is 2. The van der Waals surface area contributed by atoms with Gasteiger partial charge in [-0.15, -0.1) is 0 Å². The smallest absolute Gasteiger partial charge is 0.416 e. The Labute approximate surface area is 203 Å². The van der Waals surface area contributed by atoms with E-state index >= 15 is 0 Å². The number of nitrogens with zero attached hydrogens (tertiary/aromatic N) is 1. The molecule has 0 unspecified atom stereocenters. The molecule has 3 N–H and O–H groups in total. The van der Waals surface area contributed by atoms with Gasteiger partial charge in [0.15, 0.2) is 23.0 Å². The zero-order valence-corrected chi connectivity index (χ0v) is 19.0. The molecule has 10 heteroatoms. The Balaban J connectivity index is 2.03. The molecule has 0 atom stereocenters. The molecule has 0 aliphatic heterocycles. The fourth-order valence-corrected chi connectivity index (χ4v) is 3.82. The zero-order valence-electron chi connectivity index (χ0n) is 19.0. The second-order valence-electron chi connectivity index (χ2n) is 7.72. The number of rotatable bonds is 6. The molecule has 0 aliphatic carbocycles. The minimum Gasteiger partial charge on any atom is -0.504 e. The molecular formula is C26H20F3NO6. The molecule has 186 valence electrons. The first-order chi connectivity index (χ1) is 17.1. The monoisotopic (exact) mass is 499 g/mol. The third-order valence-electron chi connectivity index (χ3n) is 5.58. The maximum Gasteiger partial charge on any atom is 0.416 e. The van der Waals surface area contributed by atoms with E-state index in [1.54, 1.807) is 0 Å². The quantitative estimate of drug-likeness (QED) is 0.302. The van der Waals surface area contributed by atoms with E-state index in [1.165, 1.54) is 62.8 Å². The highest BCUT2D eigenvalue weighted by Crippen LogP contribution is 2.46. The fourth-order valence-electron chi connectivity index (χ4n) is 3.82. The molecule has 36 heavy (non-hydrogen) atoms. The number of hydrogen-bond donors (Lipinski definition) is 3. The molecule has 0 radical (unpaired) electrons. The van der Waals surface area contributed by atoms with Crippen LogP contribution in [0, 0.1) is 0 Å². The minimum atomic E-state index is -4.68. The molecule has 4 rings (SSSR count). The van der Waals surface area contributed by atoms with E-state index < -0.39 is 29.2 Å². The molecule has 0 bridgehead atoms. The van der Waals surface area contributed by atoms with E-state index in [4.69, 9.17) is 9.47 Å². The lowest BCUT2D eigenvalue weighted by atomic mass is 9.98. The molecule has 0 aliphatic rings. The lowest BCUT2D eigenvalue weighted by Crippen LogP contribution is -2.08. The Morgan fingerprint density at radius 1 is 0.889 bits per heavy atom. The molecule has 3 aromatic carbocycles. The Kier molecular flexibility index (Phi) is 6.28. The number of phenols is 1. The number of phenolic OH excluding ortho intramolecular Hbond substituents is 1. The lowest BCUT2D eigenvalue weighted by molar-refractivity contribution is -0.137. The van der Waals surface area contributed by atoms with Crippen molar-refractivity contribution in [3.8, 4) is 45.8 Å². The van der Waals surface area contributed by atoms with Crippen molar-refractivity contribution in [1.82, 2.24) is 4.57 Å². The topological polar surface area (TPSA) is 101 Å². The Bertz CT molecular complexity index is 1440. The summed E-state index contributed by atoms with van der Waals surface area (Å²) in [5, 5.41) is 31.7. The van der Waals surface area contributed by atoms with Crippen LogP contribution in [0.3, 0.4) is 0 Å². The summed E-state index contributed by atoms with van der Waals surface area (Å²) in [5.41, 5.74) is -1.32. The normalized spacial score (nSPS) is 11.4. The summed E-state index contributed by atoms with van der Waals surface area (Å²) in [7, 11) is 2.75. The van der Waals surface area contributed by atoms with Crippen molar-refractivity contribution in [2.45, 2.75) is 6.18 Å². The van der Waals surface area contributed by atoms with Crippen LogP contribution in [0.4, 0.5) is 13.2 Å². The van der Waals surface area contributed by atoms with E-state index in [0.29, 0.717) is 5.75 Å². The number of benzene rings is 3. The van der Waals surface area contributed by atoms with Crippen LogP contribution in [-0.2, 0) is 6.18 Å². The zero-order chi connectivity index (χ0) is 26.2. The van der Waals surface area contributed by atoms with Crippen LogP contribution >= 0.6 is 0 Å². The van der Waals surface area contributed by atoms with Gasteiger partial charge in [-0.3, -0.25) is 9.36 Å². The lowest BCUT2D eigenvalue weighted by Gasteiger charge is -2.15. The first-order valence-corrected chi connectivity index (χ1v) is 10.5. The maximum absolute atomic E-state index is 13.5. The van der Waals surface area contributed by atoms with Gasteiger partial charge in [0, 0.05) is 16.8 Å². The summed E-state index contributed by atoms with van der Waals surface area (Å²) < 4.78 is 51.4. The third kappa shape index (κ3) is 4.28. The Morgan fingerprint density at radius 2 is 1.58 bits per heavy atom. The van der Waals surface area contributed by atoms with Crippen molar-refractivity contribution in [2.75, 3.05) is 14.2 Å². The van der Waals surface area contributed by atoms with Gasteiger partial charge in [-0.05, 0) is 60.7 Å². The van der Waals surface area contributed by atoms with Gasteiger partial charge in [-0.25, -0.2) is 0 Å². The van der Waals surface area contributed by atoms with Crippen molar-refractivity contribution in [3.63, 3.8) is 0 Å². The van der Waals surface area contributed by atoms with Crippen LogP contribution in [0.2, 0.25) is 0 Å². The molecule has 0 saturated carbocycles. The largest absolute Gasteiger partial charge is 0.504 e.